The molecule has 0 amide bonds. The summed E-state index contributed by atoms with van der Waals surface area (Å²) in [6.45, 7) is 5.13. The SMILES string of the molecule is C=C(C)C(=O)OCCOc1nc(Oc2ccc(-c3ccccc3)cc2)nc(Oc2ccc(-c3ccccc3)cc2)n1. The number of ether oxygens (including phenoxy) is 4. The first-order valence-electron chi connectivity index (χ1n) is 12.9. The third kappa shape index (κ3) is 7.54. The molecule has 8 nitrogen and oxygen atoms in total. The van der Waals surface area contributed by atoms with E-state index < -0.39 is 5.97 Å². The molecule has 0 atom stereocenters. The smallest absolute Gasteiger partial charge is 0.333 e. The number of benzene rings is 4. The molecule has 4 aromatic carbocycles. The summed E-state index contributed by atoms with van der Waals surface area (Å²) in [5.41, 5.74) is 4.58. The molecule has 0 saturated carbocycles. The first-order chi connectivity index (χ1) is 20.0. The van der Waals surface area contributed by atoms with E-state index in [4.69, 9.17) is 18.9 Å². The lowest BCUT2D eigenvalue weighted by Crippen LogP contribution is -2.13. The summed E-state index contributed by atoms with van der Waals surface area (Å²) in [5.74, 6) is 0.543. The lowest BCUT2D eigenvalue weighted by molar-refractivity contribution is -0.139. The molecule has 0 aliphatic rings. The first kappa shape index (κ1) is 27.1. The highest BCUT2D eigenvalue weighted by Crippen LogP contribution is 2.28. The number of nitrogens with zero attached hydrogens (tertiary/aromatic N) is 3. The van der Waals surface area contributed by atoms with Crippen molar-refractivity contribution in [2.75, 3.05) is 13.2 Å². The molecule has 204 valence electrons. The Morgan fingerprint density at radius 3 is 1.44 bits per heavy atom. The molecular weight excluding hydrogens is 518 g/mol. The van der Waals surface area contributed by atoms with Crippen LogP contribution in [0, 0.1) is 0 Å². The number of rotatable bonds is 11. The van der Waals surface area contributed by atoms with Gasteiger partial charge in [0.25, 0.3) is 0 Å². The fraction of sp³-hybridized carbons (Fsp3) is 0.0909. The average Bonchev–Trinajstić information content (AvgIpc) is 3.01. The van der Waals surface area contributed by atoms with Crippen molar-refractivity contribution in [1.82, 2.24) is 15.0 Å². The summed E-state index contributed by atoms with van der Waals surface area (Å²) < 4.78 is 22.5. The van der Waals surface area contributed by atoms with Crippen LogP contribution in [0.3, 0.4) is 0 Å². The van der Waals surface area contributed by atoms with Crippen molar-refractivity contribution >= 4 is 5.97 Å². The van der Waals surface area contributed by atoms with Crippen LogP contribution in [0.2, 0.25) is 0 Å². The zero-order valence-corrected chi connectivity index (χ0v) is 22.4. The predicted octanol–water partition coefficient (Wildman–Crippen LogP) is 7.29. The topological polar surface area (TPSA) is 92.7 Å². The minimum Gasteiger partial charge on any atom is -0.460 e. The van der Waals surface area contributed by atoms with Gasteiger partial charge in [-0.05, 0) is 53.4 Å². The van der Waals surface area contributed by atoms with Gasteiger partial charge in [-0.1, -0.05) is 91.5 Å². The van der Waals surface area contributed by atoms with Crippen molar-refractivity contribution in [3.63, 3.8) is 0 Å². The van der Waals surface area contributed by atoms with Crippen molar-refractivity contribution in [3.8, 4) is 51.8 Å². The van der Waals surface area contributed by atoms with Gasteiger partial charge < -0.3 is 18.9 Å². The highest BCUT2D eigenvalue weighted by Gasteiger charge is 2.13. The van der Waals surface area contributed by atoms with Crippen molar-refractivity contribution in [2.45, 2.75) is 6.92 Å². The number of esters is 1. The van der Waals surface area contributed by atoms with E-state index in [0.29, 0.717) is 17.1 Å². The minimum atomic E-state index is -0.504. The van der Waals surface area contributed by atoms with Crippen LogP contribution in [0.4, 0.5) is 0 Å². The third-order valence-electron chi connectivity index (χ3n) is 5.81. The normalized spacial score (nSPS) is 10.5. The van der Waals surface area contributed by atoms with E-state index in [1.165, 1.54) is 0 Å². The second-order valence-electron chi connectivity index (χ2n) is 8.93. The highest BCUT2D eigenvalue weighted by atomic mass is 16.6. The van der Waals surface area contributed by atoms with Crippen molar-refractivity contribution in [3.05, 3.63) is 121 Å². The largest absolute Gasteiger partial charge is 0.460 e. The van der Waals surface area contributed by atoms with Gasteiger partial charge in [0.15, 0.2) is 0 Å². The molecule has 0 saturated heterocycles. The van der Waals surface area contributed by atoms with E-state index in [1.807, 2.05) is 109 Å². The summed E-state index contributed by atoms with van der Waals surface area (Å²) in [5, 5.41) is 0. The van der Waals surface area contributed by atoms with E-state index in [-0.39, 0.29) is 31.2 Å². The molecule has 8 heteroatoms. The van der Waals surface area contributed by atoms with Crippen LogP contribution in [-0.4, -0.2) is 34.1 Å². The maximum absolute atomic E-state index is 11.6. The Hall–Kier alpha value is -5.50. The predicted molar refractivity (Wildman–Crippen MR) is 155 cm³/mol. The van der Waals surface area contributed by atoms with Gasteiger partial charge in [0.2, 0.25) is 0 Å². The van der Waals surface area contributed by atoms with E-state index in [2.05, 4.69) is 21.5 Å². The fourth-order valence-corrected chi connectivity index (χ4v) is 3.77. The van der Waals surface area contributed by atoms with Crippen molar-refractivity contribution in [2.24, 2.45) is 0 Å². The molecule has 5 aromatic rings. The molecule has 0 fully saturated rings. The molecule has 0 spiro atoms. The maximum atomic E-state index is 11.6. The minimum absolute atomic E-state index is 0.00828. The van der Waals surface area contributed by atoms with Crippen molar-refractivity contribution < 1.29 is 23.7 Å². The first-order valence-corrected chi connectivity index (χ1v) is 12.9. The van der Waals surface area contributed by atoms with Gasteiger partial charge >= 0.3 is 24.0 Å². The quantitative estimate of drug-likeness (QED) is 0.0971. The second kappa shape index (κ2) is 13.0. The lowest BCUT2D eigenvalue weighted by atomic mass is 10.1. The Balaban J connectivity index is 1.33. The Morgan fingerprint density at radius 2 is 1.00 bits per heavy atom. The Morgan fingerprint density at radius 1 is 0.585 bits per heavy atom. The molecule has 1 heterocycles. The average molecular weight is 546 g/mol. The van der Waals surface area contributed by atoms with Crippen LogP contribution in [0.15, 0.2) is 121 Å². The zero-order valence-electron chi connectivity index (χ0n) is 22.4. The number of hydrogen-bond acceptors (Lipinski definition) is 8. The van der Waals surface area contributed by atoms with Gasteiger partial charge in [-0.25, -0.2) is 4.79 Å². The lowest BCUT2D eigenvalue weighted by Gasteiger charge is -2.11. The van der Waals surface area contributed by atoms with Gasteiger partial charge in [0.05, 0.1) is 0 Å². The van der Waals surface area contributed by atoms with Crippen LogP contribution in [0.1, 0.15) is 6.92 Å². The van der Waals surface area contributed by atoms with E-state index in [9.17, 15) is 4.79 Å². The Labute approximate surface area is 237 Å². The molecule has 1 aromatic heterocycles. The molecule has 0 unspecified atom stereocenters. The molecule has 0 N–H and O–H groups in total. The van der Waals surface area contributed by atoms with Crippen LogP contribution in [0.5, 0.6) is 29.5 Å². The van der Waals surface area contributed by atoms with Crippen LogP contribution in [-0.2, 0) is 9.53 Å². The standard InChI is InChI=1S/C33H27N3O5/c1-23(2)30(37)38-21-22-39-31-34-32(40-28-17-13-26(14-18-28)24-9-5-3-6-10-24)36-33(35-31)41-29-19-15-27(16-20-29)25-11-7-4-8-12-25/h3-20H,1,21-22H2,2H3. The molecule has 5 rings (SSSR count). The van der Waals surface area contributed by atoms with E-state index in [0.717, 1.165) is 22.3 Å². The zero-order chi connectivity index (χ0) is 28.4. The van der Waals surface area contributed by atoms with E-state index in [1.54, 1.807) is 6.92 Å². The summed E-state index contributed by atoms with van der Waals surface area (Å²) >= 11 is 0. The monoisotopic (exact) mass is 545 g/mol. The highest BCUT2D eigenvalue weighted by molar-refractivity contribution is 5.86. The van der Waals surface area contributed by atoms with Crippen molar-refractivity contribution in [1.29, 1.82) is 0 Å². The molecular formula is C33H27N3O5. The van der Waals surface area contributed by atoms with Crippen LogP contribution < -0.4 is 14.2 Å². The van der Waals surface area contributed by atoms with Crippen LogP contribution in [0.25, 0.3) is 22.3 Å². The maximum Gasteiger partial charge on any atom is 0.333 e. The van der Waals surface area contributed by atoms with Crippen LogP contribution >= 0.6 is 0 Å². The number of carbonyl (C=O) groups excluding carboxylic acids is 1. The van der Waals surface area contributed by atoms with Gasteiger partial charge in [-0.2, -0.15) is 0 Å². The number of hydrogen-bond donors (Lipinski definition) is 0. The molecule has 0 radical (unpaired) electrons. The molecule has 0 bridgehead atoms. The third-order valence-corrected chi connectivity index (χ3v) is 5.81. The number of aromatic nitrogens is 3. The Bertz CT molecular complexity index is 1500. The van der Waals surface area contributed by atoms with Gasteiger partial charge in [0, 0.05) is 5.57 Å². The molecule has 0 aliphatic carbocycles. The second-order valence-corrected chi connectivity index (χ2v) is 8.93. The number of carbonyl (C=O) groups is 1. The van der Waals surface area contributed by atoms with E-state index >= 15 is 0 Å². The summed E-state index contributed by atoms with van der Waals surface area (Å²) in [7, 11) is 0. The van der Waals surface area contributed by atoms with Gasteiger partial charge in [-0.3, -0.25) is 0 Å². The summed E-state index contributed by atoms with van der Waals surface area (Å²) in [4.78, 5) is 24.5. The summed E-state index contributed by atoms with van der Waals surface area (Å²) in [6.07, 6.45) is 0. The van der Waals surface area contributed by atoms with Gasteiger partial charge in [0.1, 0.15) is 24.7 Å². The molecule has 0 aliphatic heterocycles. The van der Waals surface area contributed by atoms with Gasteiger partial charge in [-0.15, -0.1) is 15.0 Å². The summed E-state index contributed by atoms with van der Waals surface area (Å²) in [6, 6.07) is 35.1. The fourth-order valence-electron chi connectivity index (χ4n) is 3.77. The molecule has 41 heavy (non-hydrogen) atoms. The Kier molecular flexibility index (Phi) is 8.61.